The quantitative estimate of drug-likeness (QED) is 0.748. The number of nitrogens with zero attached hydrogens (tertiary/aromatic N) is 3. The van der Waals surface area contributed by atoms with E-state index in [4.69, 9.17) is 0 Å². The Bertz CT molecular complexity index is 449. The van der Waals surface area contributed by atoms with Crippen molar-refractivity contribution >= 4 is 29.4 Å². The number of aromatic nitrogens is 3. The van der Waals surface area contributed by atoms with Gasteiger partial charge in [-0.05, 0) is 17.8 Å². The number of thiophene rings is 1. The Labute approximate surface area is 89.0 Å². The van der Waals surface area contributed by atoms with E-state index in [2.05, 4.69) is 10.2 Å². The molecule has 0 aliphatic carbocycles. The molecule has 2 aromatic heterocycles. The highest BCUT2D eigenvalue weighted by Crippen LogP contribution is 2.28. The fourth-order valence-corrected chi connectivity index (χ4v) is 2.58. The lowest BCUT2D eigenvalue weighted by Crippen LogP contribution is -1.87. The Hall–Kier alpha value is -1.14. The average Bonchev–Trinajstić information content (AvgIpc) is 2.77. The predicted molar refractivity (Wildman–Crippen MR) is 54.8 cm³/mol. The largest absolute Gasteiger partial charge is 0.311 e. The fourth-order valence-electron chi connectivity index (χ4n) is 0.920. The molecule has 0 spiro atoms. The topological polar surface area (TPSA) is 47.8 Å². The molecule has 2 aromatic rings. The highest BCUT2D eigenvalue weighted by molar-refractivity contribution is 7.99. The third kappa shape index (κ3) is 1.85. The van der Waals surface area contributed by atoms with Crippen molar-refractivity contribution in [1.82, 2.24) is 14.8 Å². The minimum atomic E-state index is 0.731. The van der Waals surface area contributed by atoms with E-state index in [1.807, 2.05) is 23.1 Å². The van der Waals surface area contributed by atoms with Gasteiger partial charge in [-0.2, -0.15) is 0 Å². The maximum absolute atomic E-state index is 10.5. The van der Waals surface area contributed by atoms with Crippen molar-refractivity contribution in [2.45, 2.75) is 10.1 Å². The maximum atomic E-state index is 10.5. The Morgan fingerprint density at radius 2 is 2.50 bits per heavy atom. The van der Waals surface area contributed by atoms with Crippen LogP contribution in [0, 0.1) is 0 Å². The van der Waals surface area contributed by atoms with E-state index in [-0.39, 0.29) is 0 Å². The van der Waals surface area contributed by atoms with Crippen LogP contribution in [0.2, 0.25) is 0 Å². The lowest BCUT2D eigenvalue weighted by Gasteiger charge is -1.95. The fraction of sp³-hybridized carbons (Fsp3) is 0.125. The molecule has 14 heavy (non-hydrogen) atoms. The van der Waals surface area contributed by atoms with Crippen LogP contribution in [0.4, 0.5) is 0 Å². The van der Waals surface area contributed by atoms with Crippen LogP contribution in [0.1, 0.15) is 9.67 Å². The zero-order chi connectivity index (χ0) is 9.97. The molecule has 0 fully saturated rings. The molecule has 0 atom stereocenters. The van der Waals surface area contributed by atoms with Gasteiger partial charge >= 0.3 is 0 Å². The van der Waals surface area contributed by atoms with Gasteiger partial charge in [0.05, 0.1) is 4.88 Å². The zero-order valence-corrected chi connectivity index (χ0v) is 9.01. The predicted octanol–water partition coefficient (Wildman–Crippen LogP) is 1.84. The van der Waals surface area contributed by atoms with E-state index in [0.717, 1.165) is 21.2 Å². The normalized spacial score (nSPS) is 10.4. The Balaban J connectivity index is 2.18. The molecule has 0 amide bonds. The van der Waals surface area contributed by atoms with Crippen LogP contribution in [0.5, 0.6) is 0 Å². The molecule has 0 aliphatic heterocycles. The summed E-state index contributed by atoms with van der Waals surface area (Å²) < 4.78 is 1.84. The summed E-state index contributed by atoms with van der Waals surface area (Å²) >= 11 is 2.93. The molecule has 0 bridgehead atoms. The summed E-state index contributed by atoms with van der Waals surface area (Å²) in [7, 11) is 1.88. The molecule has 0 saturated heterocycles. The van der Waals surface area contributed by atoms with Gasteiger partial charge in [0.15, 0.2) is 11.4 Å². The molecule has 0 N–H and O–H groups in total. The molecule has 0 radical (unpaired) electrons. The highest BCUT2D eigenvalue weighted by Gasteiger charge is 2.05. The van der Waals surface area contributed by atoms with E-state index < -0.39 is 0 Å². The summed E-state index contributed by atoms with van der Waals surface area (Å²) in [4.78, 5) is 12.2. The summed E-state index contributed by atoms with van der Waals surface area (Å²) in [6.45, 7) is 0. The van der Waals surface area contributed by atoms with E-state index in [0.29, 0.717) is 0 Å². The van der Waals surface area contributed by atoms with Crippen LogP contribution < -0.4 is 0 Å². The van der Waals surface area contributed by atoms with Crippen LogP contribution in [-0.4, -0.2) is 21.1 Å². The number of rotatable bonds is 3. The summed E-state index contributed by atoms with van der Waals surface area (Å²) in [5.74, 6) is 0. The SMILES string of the molecule is Cn1cnnc1Sc1csc(C=O)c1. The molecular formula is C8H7N3OS2. The van der Waals surface area contributed by atoms with Gasteiger partial charge in [-0.1, -0.05) is 0 Å². The summed E-state index contributed by atoms with van der Waals surface area (Å²) in [5.41, 5.74) is 0. The van der Waals surface area contributed by atoms with Crippen molar-refractivity contribution < 1.29 is 4.79 Å². The summed E-state index contributed by atoms with van der Waals surface area (Å²) in [6, 6.07) is 1.84. The van der Waals surface area contributed by atoms with Crippen molar-refractivity contribution in [3.05, 3.63) is 22.7 Å². The third-order valence-corrected chi connectivity index (χ3v) is 3.62. The standard InChI is InChI=1S/C8H7N3OS2/c1-11-5-9-10-8(11)14-7-2-6(3-12)13-4-7/h2-5H,1H3. The second-order valence-electron chi connectivity index (χ2n) is 2.63. The number of aldehydes is 1. The Kier molecular flexibility index (Phi) is 2.64. The Morgan fingerprint density at radius 1 is 1.64 bits per heavy atom. The lowest BCUT2D eigenvalue weighted by atomic mass is 10.5. The maximum Gasteiger partial charge on any atom is 0.195 e. The van der Waals surface area contributed by atoms with Crippen molar-refractivity contribution in [2.75, 3.05) is 0 Å². The van der Waals surface area contributed by atoms with Gasteiger partial charge in [0, 0.05) is 17.3 Å². The van der Waals surface area contributed by atoms with Crippen LogP contribution in [-0.2, 0) is 7.05 Å². The molecule has 0 saturated carbocycles. The molecule has 0 aliphatic rings. The molecule has 4 nitrogen and oxygen atoms in total. The van der Waals surface area contributed by atoms with E-state index in [1.54, 1.807) is 6.33 Å². The molecule has 72 valence electrons. The second-order valence-corrected chi connectivity index (χ2v) is 4.61. The Morgan fingerprint density at radius 3 is 3.07 bits per heavy atom. The first-order chi connectivity index (χ1) is 6.79. The molecule has 2 heterocycles. The number of aryl methyl sites for hydroxylation is 1. The first-order valence-electron chi connectivity index (χ1n) is 3.85. The first-order valence-corrected chi connectivity index (χ1v) is 5.55. The minimum absolute atomic E-state index is 0.731. The molecule has 0 unspecified atom stereocenters. The molecular weight excluding hydrogens is 218 g/mol. The van der Waals surface area contributed by atoms with Gasteiger partial charge < -0.3 is 4.57 Å². The molecule has 0 aromatic carbocycles. The first kappa shape index (κ1) is 9.42. The van der Waals surface area contributed by atoms with Gasteiger partial charge in [0.2, 0.25) is 0 Å². The monoisotopic (exact) mass is 225 g/mol. The van der Waals surface area contributed by atoms with Crippen molar-refractivity contribution in [2.24, 2.45) is 7.05 Å². The van der Waals surface area contributed by atoms with E-state index in [9.17, 15) is 4.79 Å². The van der Waals surface area contributed by atoms with Crippen molar-refractivity contribution in [3.63, 3.8) is 0 Å². The summed E-state index contributed by atoms with van der Waals surface area (Å²) in [5, 5.41) is 10.5. The van der Waals surface area contributed by atoms with Gasteiger partial charge in [0.25, 0.3) is 0 Å². The van der Waals surface area contributed by atoms with Crippen LogP contribution >= 0.6 is 23.1 Å². The number of carbonyl (C=O) groups is 1. The number of carbonyl (C=O) groups excluding carboxylic acids is 1. The van der Waals surface area contributed by atoms with Gasteiger partial charge in [-0.25, -0.2) is 0 Å². The molecule has 6 heteroatoms. The van der Waals surface area contributed by atoms with Crippen LogP contribution in [0.15, 0.2) is 27.8 Å². The third-order valence-electron chi connectivity index (χ3n) is 1.59. The average molecular weight is 225 g/mol. The minimum Gasteiger partial charge on any atom is -0.311 e. The van der Waals surface area contributed by atoms with Crippen LogP contribution in [0.25, 0.3) is 0 Å². The zero-order valence-electron chi connectivity index (χ0n) is 7.38. The van der Waals surface area contributed by atoms with Crippen molar-refractivity contribution in [3.8, 4) is 0 Å². The summed E-state index contributed by atoms with van der Waals surface area (Å²) in [6.07, 6.45) is 2.50. The number of hydrogen-bond acceptors (Lipinski definition) is 5. The van der Waals surface area contributed by atoms with Crippen LogP contribution in [0.3, 0.4) is 0 Å². The molecule has 2 rings (SSSR count). The van der Waals surface area contributed by atoms with Gasteiger partial charge in [-0.3, -0.25) is 4.79 Å². The van der Waals surface area contributed by atoms with E-state index in [1.165, 1.54) is 23.1 Å². The van der Waals surface area contributed by atoms with Gasteiger partial charge in [-0.15, -0.1) is 21.5 Å². The lowest BCUT2D eigenvalue weighted by molar-refractivity contribution is 0.112. The van der Waals surface area contributed by atoms with Crippen molar-refractivity contribution in [1.29, 1.82) is 0 Å². The number of hydrogen-bond donors (Lipinski definition) is 0. The smallest absolute Gasteiger partial charge is 0.195 e. The highest BCUT2D eigenvalue weighted by atomic mass is 32.2. The van der Waals surface area contributed by atoms with E-state index >= 15 is 0 Å². The van der Waals surface area contributed by atoms with Gasteiger partial charge in [0.1, 0.15) is 6.33 Å². The second kappa shape index (κ2) is 3.93.